The first kappa shape index (κ1) is 16.0. The zero-order valence-electron chi connectivity index (χ0n) is 13.2. The molecule has 0 bridgehead atoms. The molecule has 1 aromatic heterocycles. The van der Waals surface area contributed by atoms with E-state index in [0.29, 0.717) is 25.4 Å². The number of carbonyl (C=O) groups excluding carboxylic acids is 1. The van der Waals surface area contributed by atoms with Gasteiger partial charge in [0.05, 0.1) is 24.2 Å². The Morgan fingerprint density at radius 1 is 1.38 bits per heavy atom. The molecule has 0 saturated carbocycles. The molecule has 2 amide bonds. The molecule has 1 aliphatic rings. The third-order valence-corrected chi connectivity index (χ3v) is 4.02. The smallest absolute Gasteiger partial charge is 0.322 e. The van der Waals surface area contributed by atoms with Gasteiger partial charge in [-0.1, -0.05) is 6.07 Å². The van der Waals surface area contributed by atoms with Gasteiger partial charge in [0.15, 0.2) is 0 Å². The number of non-ortho nitro benzene ring substituents is 1. The third-order valence-electron chi connectivity index (χ3n) is 4.02. The predicted molar refractivity (Wildman–Crippen MR) is 87.8 cm³/mol. The predicted octanol–water partition coefficient (Wildman–Crippen LogP) is 2.54. The Bertz CT molecular complexity index is 758. The van der Waals surface area contributed by atoms with E-state index < -0.39 is 4.92 Å². The number of morpholine rings is 1. The van der Waals surface area contributed by atoms with Gasteiger partial charge in [0.2, 0.25) is 0 Å². The minimum absolute atomic E-state index is 0.0613. The van der Waals surface area contributed by atoms with Crippen molar-refractivity contribution < 1.29 is 14.5 Å². The summed E-state index contributed by atoms with van der Waals surface area (Å²) in [5.74, 6) is 0. The van der Waals surface area contributed by atoms with E-state index >= 15 is 0 Å². The van der Waals surface area contributed by atoms with E-state index in [0.717, 1.165) is 5.69 Å². The summed E-state index contributed by atoms with van der Waals surface area (Å²) in [4.78, 5) is 24.7. The fourth-order valence-corrected chi connectivity index (χ4v) is 2.80. The van der Waals surface area contributed by atoms with Crippen LogP contribution in [0.3, 0.4) is 0 Å². The number of ether oxygens (including phenoxy) is 1. The maximum Gasteiger partial charge on any atom is 0.322 e. The van der Waals surface area contributed by atoms with Gasteiger partial charge in [-0.2, -0.15) is 0 Å². The molecular formula is C16H18N4O4. The van der Waals surface area contributed by atoms with Gasteiger partial charge in [0.25, 0.3) is 5.69 Å². The summed E-state index contributed by atoms with van der Waals surface area (Å²) in [6.07, 6.45) is 1.92. The molecule has 0 spiro atoms. The lowest BCUT2D eigenvalue weighted by Gasteiger charge is -2.35. The lowest BCUT2D eigenvalue weighted by Crippen LogP contribution is -2.46. The van der Waals surface area contributed by atoms with Crippen LogP contribution in [0.5, 0.6) is 0 Å². The largest absolute Gasteiger partial charge is 0.377 e. The molecule has 2 aromatic rings. The summed E-state index contributed by atoms with van der Waals surface area (Å²) in [6, 6.07) is 9.27. The first-order valence-electron chi connectivity index (χ1n) is 7.57. The quantitative estimate of drug-likeness (QED) is 0.692. The van der Waals surface area contributed by atoms with E-state index in [-0.39, 0.29) is 17.8 Å². The van der Waals surface area contributed by atoms with Crippen molar-refractivity contribution in [2.24, 2.45) is 7.05 Å². The van der Waals surface area contributed by atoms with Crippen LogP contribution in [0.4, 0.5) is 16.2 Å². The van der Waals surface area contributed by atoms with Crippen molar-refractivity contribution in [1.82, 2.24) is 9.47 Å². The van der Waals surface area contributed by atoms with Gasteiger partial charge in [0, 0.05) is 43.3 Å². The number of nitro groups is 1. The molecule has 0 unspecified atom stereocenters. The normalized spacial score (nSPS) is 17.5. The fourth-order valence-electron chi connectivity index (χ4n) is 2.80. The number of hydrogen-bond acceptors (Lipinski definition) is 4. The number of nitrogens with zero attached hydrogens (tertiary/aromatic N) is 3. The fraction of sp³-hybridized carbons (Fsp3) is 0.312. The zero-order valence-corrected chi connectivity index (χ0v) is 13.2. The standard InChI is InChI=1S/C16H18N4O4/c1-18-7-3-6-14(18)15-11-24-9-8-19(15)16(21)17-12-4-2-5-13(10-12)20(22)23/h2-7,10,15H,8-9,11H2,1H3,(H,17,21)/t15-/m0/s1. The number of benzene rings is 1. The summed E-state index contributed by atoms with van der Waals surface area (Å²) in [6.45, 7) is 1.33. The number of hydrogen-bond donors (Lipinski definition) is 1. The Morgan fingerprint density at radius 3 is 2.92 bits per heavy atom. The summed E-state index contributed by atoms with van der Waals surface area (Å²) in [7, 11) is 1.92. The van der Waals surface area contributed by atoms with Gasteiger partial charge >= 0.3 is 6.03 Å². The van der Waals surface area contributed by atoms with Crippen molar-refractivity contribution >= 4 is 17.4 Å². The second-order valence-corrected chi connectivity index (χ2v) is 5.57. The Kier molecular flexibility index (Phi) is 4.48. The molecule has 0 radical (unpaired) electrons. The molecule has 8 nitrogen and oxygen atoms in total. The molecule has 0 aliphatic carbocycles. The van der Waals surface area contributed by atoms with Crippen molar-refractivity contribution in [2.75, 3.05) is 25.1 Å². The number of urea groups is 1. The maximum absolute atomic E-state index is 12.6. The van der Waals surface area contributed by atoms with Crippen LogP contribution in [-0.4, -0.2) is 40.2 Å². The molecule has 1 saturated heterocycles. The second kappa shape index (κ2) is 6.71. The number of nitro benzene ring substituents is 1. The number of anilines is 1. The summed E-state index contributed by atoms with van der Waals surface area (Å²) in [5, 5.41) is 13.6. The van der Waals surface area contributed by atoms with E-state index in [1.807, 2.05) is 29.9 Å². The van der Waals surface area contributed by atoms with Crippen LogP contribution < -0.4 is 5.32 Å². The molecule has 1 fully saturated rings. The lowest BCUT2D eigenvalue weighted by atomic mass is 10.1. The van der Waals surface area contributed by atoms with Gasteiger partial charge in [0.1, 0.15) is 0 Å². The van der Waals surface area contributed by atoms with Crippen LogP contribution in [-0.2, 0) is 11.8 Å². The first-order valence-corrected chi connectivity index (χ1v) is 7.57. The van der Waals surface area contributed by atoms with Crippen molar-refractivity contribution in [3.8, 4) is 0 Å². The maximum atomic E-state index is 12.6. The zero-order chi connectivity index (χ0) is 17.1. The molecule has 1 N–H and O–H groups in total. The number of carbonyl (C=O) groups is 1. The summed E-state index contributed by atoms with van der Waals surface area (Å²) >= 11 is 0. The van der Waals surface area contributed by atoms with Gasteiger partial charge in [-0.25, -0.2) is 4.79 Å². The van der Waals surface area contributed by atoms with Crippen LogP contribution in [0.15, 0.2) is 42.6 Å². The molecule has 1 aliphatic heterocycles. The second-order valence-electron chi connectivity index (χ2n) is 5.57. The van der Waals surface area contributed by atoms with Crippen molar-refractivity contribution in [1.29, 1.82) is 0 Å². The van der Waals surface area contributed by atoms with Crippen molar-refractivity contribution in [3.63, 3.8) is 0 Å². The van der Waals surface area contributed by atoms with Crippen LogP contribution in [0, 0.1) is 10.1 Å². The lowest BCUT2D eigenvalue weighted by molar-refractivity contribution is -0.384. The summed E-state index contributed by atoms with van der Waals surface area (Å²) < 4.78 is 7.47. The monoisotopic (exact) mass is 330 g/mol. The van der Waals surface area contributed by atoms with Crippen LogP contribution in [0.2, 0.25) is 0 Å². The molecule has 1 atom stereocenters. The van der Waals surface area contributed by atoms with Crippen molar-refractivity contribution in [3.05, 3.63) is 58.4 Å². The average Bonchev–Trinajstić information content (AvgIpc) is 3.01. The molecule has 8 heteroatoms. The molecule has 2 heterocycles. The van der Waals surface area contributed by atoms with Crippen LogP contribution in [0.25, 0.3) is 0 Å². The molecule has 3 rings (SSSR count). The molecule has 1 aromatic carbocycles. The SMILES string of the molecule is Cn1cccc1[C@@H]1COCCN1C(=O)Nc1cccc([N+](=O)[O-])c1. The molecule has 126 valence electrons. The highest BCUT2D eigenvalue weighted by Crippen LogP contribution is 2.25. The van der Waals surface area contributed by atoms with Crippen LogP contribution in [0.1, 0.15) is 11.7 Å². The number of aromatic nitrogens is 1. The third kappa shape index (κ3) is 3.23. The van der Waals surface area contributed by atoms with Crippen molar-refractivity contribution in [2.45, 2.75) is 6.04 Å². The topological polar surface area (TPSA) is 89.6 Å². The Labute approximate surface area is 138 Å². The Hall–Kier alpha value is -2.87. The number of amides is 2. The first-order chi connectivity index (χ1) is 11.6. The highest BCUT2D eigenvalue weighted by molar-refractivity contribution is 5.90. The number of nitrogens with one attached hydrogen (secondary N) is 1. The highest BCUT2D eigenvalue weighted by Gasteiger charge is 2.30. The number of aryl methyl sites for hydroxylation is 1. The minimum Gasteiger partial charge on any atom is -0.377 e. The molecular weight excluding hydrogens is 312 g/mol. The number of rotatable bonds is 3. The van der Waals surface area contributed by atoms with Gasteiger partial charge < -0.3 is 19.5 Å². The van der Waals surface area contributed by atoms with E-state index in [1.54, 1.807) is 17.0 Å². The van der Waals surface area contributed by atoms with Gasteiger partial charge in [-0.05, 0) is 18.2 Å². The highest BCUT2D eigenvalue weighted by atomic mass is 16.6. The van der Waals surface area contributed by atoms with Gasteiger partial charge in [-0.3, -0.25) is 10.1 Å². The summed E-state index contributed by atoms with van der Waals surface area (Å²) in [5.41, 5.74) is 1.31. The van der Waals surface area contributed by atoms with E-state index in [9.17, 15) is 14.9 Å². The van der Waals surface area contributed by atoms with Gasteiger partial charge in [-0.15, -0.1) is 0 Å². The van der Waals surface area contributed by atoms with E-state index in [2.05, 4.69) is 5.32 Å². The minimum atomic E-state index is -0.489. The Morgan fingerprint density at radius 2 is 2.21 bits per heavy atom. The van der Waals surface area contributed by atoms with E-state index in [1.165, 1.54) is 12.1 Å². The molecule has 24 heavy (non-hydrogen) atoms. The van der Waals surface area contributed by atoms with E-state index in [4.69, 9.17) is 4.74 Å². The van der Waals surface area contributed by atoms with Crippen LogP contribution >= 0.6 is 0 Å². The Balaban J connectivity index is 1.78. The average molecular weight is 330 g/mol.